The molecule has 0 aromatic heterocycles. The van der Waals surface area contributed by atoms with Gasteiger partial charge in [0.15, 0.2) is 0 Å². The fourth-order valence-corrected chi connectivity index (χ4v) is 1.76. The molecule has 0 radical (unpaired) electrons. The zero-order chi connectivity index (χ0) is 10.8. The molecule has 0 fully saturated rings. The van der Waals surface area contributed by atoms with Gasteiger partial charge >= 0.3 is 59.1 Å². The molecular formula is C8H6Na2O5S. The van der Waals surface area contributed by atoms with E-state index in [1.54, 1.807) is 0 Å². The summed E-state index contributed by atoms with van der Waals surface area (Å²) in [5.41, 5.74) is -0.0532. The molecule has 0 aliphatic heterocycles. The van der Waals surface area contributed by atoms with Crippen molar-refractivity contribution < 1.29 is 82.0 Å². The van der Waals surface area contributed by atoms with Crippen LogP contribution in [0.3, 0.4) is 0 Å². The van der Waals surface area contributed by atoms with Gasteiger partial charge < -0.3 is 14.5 Å². The quantitative estimate of drug-likeness (QED) is 0.397. The minimum absolute atomic E-state index is 0. The van der Waals surface area contributed by atoms with E-state index in [0.717, 1.165) is 6.07 Å². The Kier molecular flexibility index (Phi) is 9.28. The molecular weight excluding hydrogens is 254 g/mol. The zero-order valence-corrected chi connectivity index (χ0v) is 13.8. The van der Waals surface area contributed by atoms with Gasteiger partial charge in [-0.15, -0.1) is 0 Å². The monoisotopic (exact) mass is 260 g/mol. The smallest absolute Gasteiger partial charge is 0.744 e. The molecule has 0 aliphatic carbocycles. The number of hydrogen-bond acceptors (Lipinski definition) is 5. The van der Waals surface area contributed by atoms with Crippen molar-refractivity contribution in [3.05, 3.63) is 29.8 Å². The van der Waals surface area contributed by atoms with Crippen molar-refractivity contribution in [1.29, 1.82) is 0 Å². The molecule has 5 nitrogen and oxygen atoms in total. The van der Waals surface area contributed by atoms with E-state index < -0.39 is 27.4 Å². The third-order valence-electron chi connectivity index (χ3n) is 1.58. The normalized spacial score (nSPS) is 9.81. The summed E-state index contributed by atoms with van der Waals surface area (Å²) in [5.74, 6) is -1.43. The van der Waals surface area contributed by atoms with Crippen LogP contribution >= 0.6 is 0 Å². The molecule has 76 valence electrons. The molecule has 0 heterocycles. The van der Waals surface area contributed by atoms with E-state index in [-0.39, 0.29) is 64.7 Å². The maximum Gasteiger partial charge on any atom is 1.00 e. The summed E-state index contributed by atoms with van der Waals surface area (Å²) in [7, 11) is -4.62. The first-order chi connectivity index (χ1) is 6.41. The summed E-state index contributed by atoms with van der Waals surface area (Å²) in [5, 5.41) is 10.2. The summed E-state index contributed by atoms with van der Waals surface area (Å²) in [6.07, 6.45) is -0.586. The predicted molar refractivity (Wildman–Crippen MR) is 43.1 cm³/mol. The van der Waals surface area contributed by atoms with Crippen LogP contribution in [0.1, 0.15) is 5.56 Å². The largest absolute Gasteiger partial charge is 1.00 e. The van der Waals surface area contributed by atoms with Gasteiger partial charge in [-0.1, -0.05) is 18.2 Å². The molecule has 0 spiro atoms. The van der Waals surface area contributed by atoms with Gasteiger partial charge in [0.2, 0.25) is 0 Å². The molecule has 8 heteroatoms. The minimum atomic E-state index is -4.62. The summed E-state index contributed by atoms with van der Waals surface area (Å²) >= 11 is 0. The van der Waals surface area contributed by atoms with E-state index in [1.165, 1.54) is 18.2 Å². The van der Waals surface area contributed by atoms with Crippen LogP contribution in [0.4, 0.5) is 0 Å². The van der Waals surface area contributed by atoms with Gasteiger partial charge in [0.25, 0.3) is 0 Å². The average Bonchev–Trinajstić information content (AvgIpc) is 2.01. The Labute approximate surface area is 138 Å². The second-order valence-electron chi connectivity index (χ2n) is 2.61. The van der Waals surface area contributed by atoms with Crippen LogP contribution in [0.2, 0.25) is 0 Å². The Morgan fingerprint density at radius 2 is 1.69 bits per heavy atom. The summed E-state index contributed by atoms with van der Waals surface area (Å²) in [6, 6.07) is 5.14. The summed E-state index contributed by atoms with van der Waals surface area (Å²) < 4.78 is 32.0. The molecule has 0 atom stereocenters. The number of benzene rings is 1. The van der Waals surface area contributed by atoms with Crippen molar-refractivity contribution in [3.8, 4) is 0 Å². The first kappa shape index (κ1) is 19.0. The van der Waals surface area contributed by atoms with Gasteiger partial charge in [0, 0.05) is 12.4 Å². The number of carbonyl (C=O) groups excluding carboxylic acids is 1. The molecule has 0 amide bonds. The van der Waals surface area contributed by atoms with Crippen LogP contribution in [0.15, 0.2) is 29.2 Å². The van der Waals surface area contributed by atoms with Crippen LogP contribution in [0.5, 0.6) is 0 Å². The number of carbonyl (C=O) groups is 1. The molecule has 1 aromatic carbocycles. The maximum atomic E-state index is 10.7. The average molecular weight is 260 g/mol. The van der Waals surface area contributed by atoms with Crippen LogP contribution in [0, 0.1) is 0 Å². The fraction of sp³-hybridized carbons (Fsp3) is 0.125. The molecule has 0 N–H and O–H groups in total. The van der Waals surface area contributed by atoms with Gasteiger partial charge in [-0.2, -0.15) is 0 Å². The number of carboxylic acids is 1. The molecule has 0 bridgehead atoms. The van der Waals surface area contributed by atoms with Crippen LogP contribution in [-0.2, 0) is 21.3 Å². The molecule has 0 unspecified atom stereocenters. The van der Waals surface area contributed by atoms with Crippen LogP contribution < -0.4 is 64.2 Å². The van der Waals surface area contributed by atoms with Gasteiger partial charge in [0.05, 0.1) is 4.90 Å². The topological polar surface area (TPSA) is 97.3 Å². The molecule has 0 aliphatic rings. The number of aliphatic carboxylic acids is 1. The molecule has 0 saturated heterocycles. The van der Waals surface area contributed by atoms with E-state index in [4.69, 9.17) is 0 Å². The maximum absolute atomic E-state index is 10.7. The zero-order valence-electron chi connectivity index (χ0n) is 8.97. The number of carboxylic acid groups (broad SMARTS) is 1. The Hall–Kier alpha value is 0.600. The van der Waals surface area contributed by atoms with E-state index >= 15 is 0 Å². The Morgan fingerprint density at radius 1 is 1.19 bits per heavy atom. The van der Waals surface area contributed by atoms with E-state index in [2.05, 4.69) is 0 Å². The molecule has 1 aromatic rings. The van der Waals surface area contributed by atoms with Gasteiger partial charge in [-0.25, -0.2) is 8.42 Å². The van der Waals surface area contributed by atoms with E-state index in [0.29, 0.717) is 0 Å². The Morgan fingerprint density at radius 3 is 2.12 bits per heavy atom. The first-order valence-electron chi connectivity index (χ1n) is 3.65. The minimum Gasteiger partial charge on any atom is -0.744 e. The Bertz CT molecular complexity index is 457. The predicted octanol–water partition coefficient (Wildman–Crippen LogP) is -7.11. The summed E-state index contributed by atoms with van der Waals surface area (Å²) in [6.45, 7) is 0. The fourth-order valence-electron chi connectivity index (χ4n) is 1.05. The molecule has 1 rings (SSSR count). The SMILES string of the molecule is O=C([O-])Cc1ccccc1S(=O)(=O)[O-].[Na+].[Na+]. The molecule has 0 saturated carbocycles. The second kappa shape index (κ2) is 7.84. The first-order valence-corrected chi connectivity index (χ1v) is 5.06. The van der Waals surface area contributed by atoms with Gasteiger partial charge in [-0.05, 0) is 11.6 Å². The van der Waals surface area contributed by atoms with Crippen molar-refractivity contribution in [3.63, 3.8) is 0 Å². The third-order valence-corrected chi connectivity index (χ3v) is 2.51. The van der Waals surface area contributed by atoms with E-state index in [1.807, 2.05) is 0 Å². The molecule has 16 heavy (non-hydrogen) atoms. The summed E-state index contributed by atoms with van der Waals surface area (Å²) in [4.78, 5) is 9.73. The standard InChI is InChI=1S/C8H8O5S.2Na/c9-8(10)5-6-3-1-2-4-7(6)14(11,12)13;;/h1-4H,5H2,(H,9,10)(H,11,12,13);;/q;2*+1/p-2. The van der Waals surface area contributed by atoms with Crippen LogP contribution in [0.25, 0.3) is 0 Å². The van der Waals surface area contributed by atoms with Crippen molar-refractivity contribution in [2.24, 2.45) is 0 Å². The van der Waals surface area contributed by atoms with Crippen molar-refractivity contribution >= 4 is 16.1 Å². The van der Waals surface area contributed by atoms with Crippen molar-refractivity contribution in [2.45, 2.75) is 11.3 Å². The van der Waals surface area contributed by atoms with Crippen molar-refractivity contribution in [2.75, 3.05) is 0 Å². The van der Waals surface area contributed by atoms with Gasteiger partial charge in [0.1, 0.15) is 10.1 Å². The number of rotatable bonds is 3. The number of hydrogen-bond donors (Lipinski definition) is 0. The van der Waals surface area contributed by atoms with E-state index in [9.17, 15) is 22.9 Å². The third kappa shape index (κ3) is 5.79. The second-order valence-corrected chi connectivity index (χ2v) is 3.96. The van der Waals surface area contributed by atoms with Crippen LogP contribution in [-0.4, -0.2) is 18.9 Å². The van der Waals surface area contributed by atoms with Crippen molar-refractivity contribution in [1.82, 2.24) is 0 Å². The Balaban J connectivity index is 0. The van der Waals surface area contributed by atoms with Gasteiger partial charge in [-0.3, -0.25) is 0 Å².